The van der Waals surface area contributed by atoms with E-state index in [1.165, 1.54) is 10.6 Å². The molecule has 6 rings (SSSR count). The fraction of sp³-hybridized carbons (Fsp3) is 0.370. The van der Waals surface area contributed by atoms with Crippen molar-refractivity contribution in [1.29, 1.82) is 0 Å². The van der Waals surface area contributed by atoms with E-state index in [1.54, 1.807) is 0 Å². The molecule has 4 aliphatic rings. The third-order valence-electron chi connectivity index (χ3n) is 7.65. The van der Waals surface area contributed by atoms with Crippen LogP contribution in [0.25, 0.3) is 0 Å². The Bertz CT molecular complexity index is 1190. The topological polar surface area (TPSA) is 65.1 Å². The summed E-state index contributed by atoms with van der Waals surface area (Å²) in [6.07, 6.45) is 3.50. The summed E-state index contributed by atoms with van der Waals surface area (Å²) < 4.78 is 6.26. The van der Waals surface area contributed by atoms with E-state index >= 15 is 0 Å². The van der Waals surface area contributed by atoms with Gasteiger partial charge in [0.2, 0.25) is 11.8 Å². The number of nitrogens with zero attached hydrogens (tertiary/aromatic N) is 3. The summed E-state index contributed by atoms with van der Waals surface area (Å²) in [4.78, 5) is 32.6. The number of carbonyl (C=O) groups excluding carboxylic acids is 2. The molecule has 3 saturated heterocycles. The zero-order valence-electron chi connectivity index (χ0n) is 19.6. The van der Waals surface area contributed by atoms with E-state index in [-0.39, 0.29) is 17.9 Å². The lowest BCUT2D eigenvalue weighted by atomic mass is 9.77. The Morgan fingerprint density at radius 1 is 1.00 bits per heavy atom. The third-order valence-corrected chi connectivity index (χ3v) is 8.05. The van der Waals surface area contributed by atoms with Crippen LogP contribution in [0, 0.1) is 18.8 Å². The van der Waals surface area contributed by atoms with Gasteiger partial charge < -0.3 is 19.9 Å². The summed E-state index contributed by atoms with van der Waals surface area (Å²) in [6, 6.07) is 17.9. The molecule has 0 saturated carbocycles. The predicted octanol–water partition coefficient (Wildman–Crippen LogP) is 2.50. The normalized spacial score (nSPS) is 29.2. The molecule has 35 heavy (non-hydrogen) atoms. The Labute approximate surface area is 210 Å². The molecule has 2 aromatic carbocycles. The first-order valence-corrected chi connectivity index (χ1v) is 12.5. The molecule has 0 unspecified atom stereocenters. The molecular weight excluding hydrogens is 460 g/mol. The number of imide groups is 1. The summed E-state index contributed by atoms with van der Waals surface area (Å²) in [5.74, 6) is -1.41. The maximum absolute atomic E-state index is 13.5. The van der Waals surface area contributed by atoms with Crippen molar-refractivity contribution in [3.05, 3.63) is 72.3 Å². The molecule has 1 N–H and O–H groups in total. The van der Waals surface area contributed by atoms with Crippen LogP contribution in [-0.4, -0.2) is 66.3 Å². The van der Waals surface area contributed by atoms with Gasteiger partial charge >= 0.3 is 0 Å². The monoisotopic (exact) mass is 488 g/mol. The number of carbonyl (C=O) groups is 2. The minimum Gasteiger partial charge on any atom is -0.368 e. The number of benzene rings is 2. The molecule has 2 amide bonds. The van der Waals surface area contributed by atoms with Gasteiger partial charge in [-0.15, -0.1) is 0 Å². The summed E-state index contributed by atoms with van der Waals surface area (Å²) in [7, 11) is 0. The zero-order valence-corrected chi connectivity index (χ0v) is 20.4. The molecule has 0 aromatic heterocycles. The van der Waals surface area contributed by atoms with Gasteiger partial charge in [0, 0.05) is 31.9 Å². The number of piperazine rings is 1. The van der Waals surface area contributed by atoms with Gasteiger partial charge in [-0.2, -0.15) is 0 Å². The van der Waals surface area contributed by atoms with Crippen molar-refractivity contribution in [2.45, 2.75) is 18.6 Å². The van der Waals surface area contributed by atoms with Crippen LogP contribution in [0.15, 0.2) is 66.7 Å². The maximum Gasteiger partial charge on any atom is 0.241 e. The van der Waals surface area contributed by atoms with Crippen LogP contribution >= 0.6 is 12.2 Å². The SMILES string of the molecule is Cc1ccc(N2C(=O)[C@H]3[C@@H](C2=O)[C@@]2(CNC(=S)N4CCN(c5ccccc5)CC4)C=C[C@H]3O2)cc1. The third kappa shape index (κ3) is 3.63. The number of hydrogen-bond acceptors (Lipinski definition) is 5. The standard InChI is InChI=1S/C27H28N4O3S/c1-18-7-9-20(10-8-18)31-24(32)22-21-11-12-27(34-21,23(22)25(31)33)17-28-26(35)30-15-13-29(14-16-30)19-5-3-2-4-6-19/h2-12,21-23H,13-17H2,1H3,(H,28,35)/t21-,22-,23+,27+/m1/s1. The predicted molar refractivity (Wildman–Crippen MR) is 138 cm³/mol. The molecular formula is C27H28N4O3S. The average molecular weight is 489 g/mol. The van der Waals surface area contributed by atoms with Crippen molar-refractivity contribution in [2.75, 3.05) is 42.5 Å². The van der Waals surface area contributed by atoms with Gasteiger partial charge in [-0.1, -0.05) is 48.0 Å². The number of nitrogens with one attached hydrogen (secondary N) is 1. The van der Waals surface area contributed by atoms with Gasteiger partial charge in [-0.25, -0.2) is 4.90 Å². The Morgan fingerprint density at radius 3 is 2.43 bits per heavy atom. The van der Waals surface area contributed by atoms with Crippen LogP contribution in [0.2, 0.25) is 0 Å². The van der Waals surface area contributed by atoms with Crippen molar-refractivity contribution >= 4 is 40.5 Å². The summed E-state index contributed by atoms with van der Waals surface area (Å²) in [6.45, 7) is 5.75. The van der Waals surface area contributed by atoms with Crippen molar-refractivity contribution in [3.63, 3.8) is 0 Å². The number of anilines is 2. The summed E-state index contributed by atoms with van der Waals surface area (Å²) >= 11 is 5.71. The number of fused-ring (bicyclic) bond motifs is 5. The largest absolute Gasteiger partial charge is 0.368 e. The van der Waals surface area contributed by atoms with Gasteiger partial charge in [0.1, 0.15) is 5.60 Å². The number of amides is 2. The Hall–Kier alpha value is -3.23. The van der Waals surface area contributed by atoms with Gasteiger partial charge in [-0.05, 0) is 43.4 Å². The van der Waals surface area contributed by atoms with Gasteiger partial charge in [0.05, 0.1) is 30.2 Å². The number of rotatable bonds is 4. The van der Waals surface area contributed by atoms with Crippen LogP contribution in [0.3, 0.4) is 0 Å². The highest BCUT2D eigenvalue weighted by Crippen LogP contribution is 2.52. The number of hydrogen-bond donors (Lipinski definition) is 1. The van der Waals surface area contributed by atoms with E-state index in [1.807, 2.05) is 49.4 Å². The molecule has 0 radical (unpaired) electrons. The number of ether oxygens (including phenoxy) is 1. The van der Waals surface area contributed by atoms with Crippen molar-refractivity contribution < 1.29 is 14.3 Å². The second-order valence-electron chi connectivity index (χ2n) is 9.72. The maximum atomic E-state index is 13.5. The average Bonchev–Trinajstić information content (AvgIpc) is 3.54. The molecule has 2 bridgehead atoms. The van der Waals surface area contributed by atoms with E-state index < -0.39 is 17.4 Å². The number of thiocarbonyl (C=S) groups is 1. The smallest absolute Gasteiger partial charge is 0.241 e. The lowest BCUT2D eigenvalue weighted by Gasteiger charge is -2.38. The first kappa shape index (κ1) is 22.2. The van der Waals surface area contributed by atoms with Crippen LogP contribution in [-0.2, 0) is 14.3 Å². The van der Waals surface area contributed by atoms with E-state index in [4.69, 9.17) is 17.0 Å². The molecule has 4 atom stereocenters. The van der Waals surface area contributed by atoms with Crippen LogP contribution in [0.4, 0.5) is 11.4 Å². The van der Waals surface area contributed by atoms with Crippen molar-refractivity contribution in [1.82, 2.24) is 10.2 Å². The van der Waals surface area contributed by atoms with Crippen LogP contribution in [0.5, 0.6) is 0 Å². The van der Waals surface area contributed by atoms with E-state index in [0.717, 1.165) is 31.7 Å². The molecule has 0 spiro atoms. The highest BCUT2D eigenvalue weighted by molar-refractivity contribution is 7.80. The number of aryl methyl sites for hydroxylation is 1. The molecule has 7 nitrogen and oxygen atoms in total. The second kappa shape index (κ2) is 8.46. The highest BCUT2D eigenvalue weighted by atomic mass is 32.1. The van der Waals surface area contributed by atoms with Gasteiger partial charge in [0.25, 0.3) is 0 Å². The van der Waals surface area contributed by atoms with E-state index in [2.05, 4.69) is 39.4 Å². The molecule has 8 heteroatoms. The highest BCUT2D eigenvalue weighted by Gasteiger charge is 2.67. The lowest BCUT2D eigenvalue weighted by Crippen LogP contribution is -2.55. The second-order valence-corrected chi connectivity index (χ2v) is 10.1. The molecule has 4 aliphatic heterocycles. The first-order chi connectivity index (χ1) is 17.0. The van der Waals surface area contributed by atoms with E-state index in [9.17, 15) is 9.59 Å². The van der Waals surface area contributed by atoms with Gasteiger partial charge in [-0.3, -0.25) is 9.59 Å². The van der Waals surface area contributed by atoms with Gasteiger partial charge in [0.15, 0.2) is 5.11 Å². The quantitative estimate of drug-likeness (QED) is 0.403. The van der Waals surface area contributed by atoms with Crippen LogP contribution < -0.4 is 15.1 Å². The Balaban J connectivity index is 1.12. The van der Waals surface area contributed by atoms with Crippen LogP contribution in [0.1, 0.15) is 5.56 Å². The summed E-state index contributed by atoms with van der Waals surface area (Å²) in [5, 5.41) is 4.01. The first-order valence-electron chi connectivity index (χ1n) is 12.1. The molecule has 4 heterocycles. The number of para-hydroxylation sites is 1. The molecule has 3 fully saturated rings. The lowest BCUT2D eigenvalue weighted by molar-refractivity contribution is -0.126. The van der Waals surface area contributed by atoms with Crippen molar-refractivity contribution in [3.8, 4) is 0 Å². The Morgan fingerprint density at radius 2 is 1.71 bits per heavy atom. The van der Waals surface area contributed by atoms with Crippen molar-refractivity contribution in [2.24, 2.45) is 11.8 Å². The fourth-order valence-corrected chi connectivity index (χ4v) is 6.04. The minimum atomic E-state index is -0.864. The molecule has 2 aromatic rings. The zero-order chi connectivity index (χ0) is 24.2. The molecule has 180 valence electrons. The Kier molecular flexibility index (Phi) is 5.38. The molecule has 0 aliphatic carbocycles. The minimum absolute atomic E-state index is 0.181. The van der Waals surface area contributed by atoms with E-state index in [0.29, 0.717) is 17.3 Å². The summed E-state index contributed by atoms with van der Waals surface area (Å²) in [5.41, 5.74) is 2.06. The fourth-order valence-electron chi connectivity index (χ4n) is 5.79.